The van der Waals surface area contributed by atoms with Crippen molar-refractivity contribution in [2.24, 2.45) is 7.05 Å². The van der Waals surface area contributed by atoms with Crippen molar-refractivity contribution in [1.29, 1.82) is 0 Å². The Balaban J connectivity index is 1.52. The number of nitrogens with zero attached hydrogens (tertiary/aromatic N) is 7. The van der Waals surface area contributed by atoms with Gasteiger partial charge in [-0.2, -0.15) is 15.1 Å². The summed E-state index contributed by atoms with van der Waals surface area (Å²) in [5, 5.41) is 6.23. The second-order valence-corrected chi connectivity index (χ2v) is 13.5. The molecule has 46 heavy (non-hydrogen) atoms. The molecule has 2 aliphatic heterocycles. The van der Waals surface area contributed by atoms with Gasteiger partial charge in [0.25, 0.3) is 0 Å². The highest BCUT2D eigenvalue weighted by molar-refractivity contribution is 6.35. The molecule has 2 aromatic heterocycles. The van der Waals surface area contributed by atoms with E-state index in [0.717, 1.165) is 41.5 Å². The van der Waals surface area contributed by atoms with Crippen molar-refractivity contribution in [3.63, 3.8) is 0 Å². The number of aryl methyl sites for hydroxylation is 3. The van der Waals surface area contributed by atoms with Crippen LogP contribution in [0.25, 0.3) is 32.9 Å². The van der Waals surface area contributed by atoms with Gasteiger partial charge in [-0.3, -0.25) is 14.4 Å². The maximum Gasteiger partial charge on any atom is 0.319 e. The summed E-state index contributed by atoms with van der Waals surface area (Å²) in [6.07, 6.45) is 3.47. The van der Waals surface area contributed by atoms with E-state index in [9.17, 15) is 4.79 Å². The lowest BCUT2D eigenvalue weighted by atomic mass is 9.94. The Morgan fingerprint density at radius 2 is 1.93 bits per heavy atom. The van der Waals surface area contributed by atoms with Crippen molar-refractivity contribution in [3.8, 4) is 17.1 Å². The lowest BCUT2D eigenvalue weighted by Crippen LogP contribution is -2.58. The third-order valence-electron chi connectivity index (χ3n) is 9.70. The molecule has 2 fully saturated rings. The number of carbonyl (C=O) groups is 1. The highest BCUT2D eigenvalue weighted by atomic mass is 35.5. The van der Waals surface area contributed by atoms with Gasteiger partial charge >= 0.3 is 6.01 Å². The molecule has 0 spiro atoms. The van der Waals surface area contributed by atoms with Crippen LogP contribution in [0.1, 0.15) is 51.8 Å². The Morgan fingerprint density at radius 3 is 2.65 bits per heavy atom. The molecule has 1 amide bonds. The molecule has 9 nitrogen and oxygen atoms in total. The fourth-order valence-corrected chi connectivity index (χ4v) is 7.68. The van der Waals surface area contributed by atoms with E-state index in [0.29, 0.717) is 42.5 Å². The first kappa shape index (κ1) is 32.2. The maximum atomic E-state index is 17.1. The van der Waals surface area contributed by atoms with Gasteiger partial charge in [0.1, 0.15) is 17.9 Å². The number of hydrogen-bond donors (Lipinski definition) is 0. The zero-order chi connectivity index (χ0) is 33.0. The van der Waals surface area contributed by atoms with E-state index >= 15 is 4.39 Å². The van der Waals surface area contributed by atoms with Gasteiger partial charge in [0.2, 0.25) is 5.91 Å². The zero-order valence-corrected chi connectivity index (χ0v) is 28.5. The molecule has 6 rings (SSSR count). The summed E-state index contributed by atoms with van der Waals surface area (Å²) in [4.78, 5) is 28.6. The van der Waals surface area contributed by atoms with Gasteiger partial charge in [0, 0.05) is 66.2 Å². The van der Waals surface area contributed by atoms with Crippen molar-refractivity contribution >= 4 is 45.1 Å². The molecule has 2 aliphatic rings. The average Bonchev–Trinajstić information content (AvgIpc) is 3.61. The number of likely N-dealkylation sites (tertiary alicyclic amines) is 1. The third kappa shape index (κ3) is 5.49. The molecular weight excluding hydrogens is 605 g/mol. The van der Waals surface area contributed by atoms with Gasteiger partial charge in [-0.25, -0.2) is 4.39 Å². The molecule has 2 saturated heterocycles. The van der Waals surface area contributed by atoms with Crippen molar-refractivity contribution in [2.45, 2.75) is 78.6 Å². The van der Waals surface area contributed by atoms with Gasteiger partial charge in [0.05, 0.1) is 16.2 Å². The Bertz CT molecular complexity index is 1840. The van der Waals surface area contributed by atoms with Gasteiger partial charge in [0.15, 0.2) is 5.82 Å². The molecule has 2 aromatic carbocycles. The Kier molecular flexibility index (Phi) is 8.71. The molecule has 0 bridgehead atoms. The van der Waals surface area contributed by atoms with E-state index in [-0.39, 0.29) is 46.1 Å². The Hall–Kier alpha value is -3.76. The van der Waals surface area contributed by atoms with Crippen LogP contribution in [0.4, 0.5) is 10.2 Å². The third-order valence-corrected chi connectivity index (χ3v) is 10.00. The number of benzene rings is 2. The number of piperazine rings is 1. The second kappa shape index (κ2) is 12.4. The van der Waals surface area contributed by atoms with Gasteiger partial charge in [-0.1, -0.05) is 24.2 Å². The van der Waals surface area contributed by atoms with Crippen LogP contribution in [0.15, 0.2) is 30.9 Å². The van der Waals surface area contributed by atoms with Gasteiger partial charge in [-0.15, -0.1) is 0 Å². The quantitative estimate of drug-likeness (QED) is 0.213. The average molecular weight is 648 g/mol. The van der Waals surface area contributed by atoms with E-state index in [1.807, 2.05) is 46.9 Å². The smallest absolute Gasteiger partial charge is 0.319 e. The first-order valence-corrected chi connectivity index (χ1v) is 16.5. The largest absolute Gasteiger partial charge is 0.462 e. The normalized spacial score (nSPS) is 20.8. The second-order valence-electron chi connectivity index (χ2n) is 13.1. The highest BCUT2D eigenvalue weighted by Gasteiger charge is 2.35. The summed E-state index contributed by atoms with van der Waals surface area (Å²) in [6.45, 7) is 18.3. The number of anilines is 1. The summed E-state index contributed by atoms with van der Waals surface area (Å²) < 4.78 is 25.3. The van der Waals surface area contributed by atoms with Gasteiger partial charge in [-0.05, 0) is 84.7 Å². The van der Waals surface area contributed by atoms with Crippen molar-refractivity contribution in [1.82, 2.24) is 29.5 Å². The molecule has 0 N–H and O–H groups in total. The predicted molar refractivity (Wildman–Crippen MR) is 182 cm³/mol. The zero-order valence-electron chi connectivity index (χ0n) is 27.8. The Morgan fingerprint density at radius 1 is 1.17 bits per heavy atom. The van der Waals surface area contributed by atoms with Crippen molar-refractivity contribution in [3.05, 3.63) is 53.0 Å². The van der Waals surface area contributed by atoms with Crippen LogP contribution in [-0.2, 0) is 11.8 Å². The molecule has 0 saturated carbocycles. The Labute approximate surface area is 275 Å². The molecule has 0 radical (unpaired) electrons. The summed E-state index contributed by atoms with van der Waals surface area (Å²) >= 11 is 7.02. The molecule has 3 atom stereocenters. The first-order valence-electron chi connectivity index (χ1n) is 16.1. The molecule has 4 heterocycles. The predicted octanol–water partition coefficient (Wildman–Crippen LogP) is 6.46. The van der Waals surface area contributed by atoms with Gasteiger partial charge < -0.3 is 14.5 Å². The number of aromatic nitrogens is 4. The van der Waals surface area contributed by atoms with Crippen LogP contribution < -0.4 is 9.64 Å². The molecule has 11 heteroatoms. The number of amides is 1. The van der Waals surface area contributed by atoms with Crippen molar-refractivity contribution in [2.75, 3.05) is 31.1 Å². The lowest BCUT2D eigenvalue weighted by Gasteiger charge is -2.44. The van der Waals surface area contributed by atoms with Crippen molar-refractivity contribution < 1.29 is 13.9 Å². The van der Waals surface area contributed by atoms with E-state index < -0.39 is 5.82 Å². The number of halogens is 2. The minimum atomic E-state index is -0.527. The summed E-state index contributed by atoms with van der Waals surface area (Å²) in [5.41, 5.74) is 3.70. The molecule has 4 aromatic rings. The number of fused-ring (bicyclic) bond motifs is 2. The maximum absolute atomic E-state index is 17.1. The fourth-order valence-electron chi connectivity index (χ4n) is 7.39. The van der Waals surface area contributed by atoms with Crippen LogP contribution >= 0.6 is 11.6 Å². The van der Waals surface area contributed by atoms with Crippen LogP contribution in [-0.4, -0.2) is 85.9 Å². The minimum absolute atomic E-state index is 0.115. The topological polar surface area (TPSA) is 79.6 Å². The number of ether oxygens (including phenoxy) is 1. The standard InChI is InChI=1S/C35H43ClFN7O2/c1-9-28(45)43-16-22(6)44(17-21(43)5)34-25-15-26(36)31(29-20(4)12-13-27-30(29)23(7)40-41(27)8)32(37)33(25)38-35(39-34)46-18-24-11-10-14-42(24)19(2)3/h9,12-13,15,19,21-22,24H,1,10-11,14,16-18H2,2-8H3/t21-,22+,24+/m1/s1. The van der Waals surface area contributed by atoms with E-state index in [4.69, 9.17) is 26.3 Å². The summed E-state index contributed by atoms with van der Waals surface area (Å²) in [7, 11) is 1.88. The minimum Gasteiger partial charge on any atom is -0.462 e. The molecule has 0 unspecified atom stereocenters. The number of rotatable bonds is 7. The first-order chi connectivity index (χ1) is 21.9. The lowest BCUT2D eigenvalue weighted by molar-refractivity contribution is -0.128. The highest BCUT2D eigenvalue weighted by Crippen LogP contribution is 2.43. The monoisotopic (exact) mass is 647 g/mol. The van der Waals surface area contributed by atoms with E-state index in [2.05, 4.69) is 35.3 Å². The molecular formula is C35H43ClFN7O2. The fraction of sp³-hybridized carbons (Fsp3) is 0.486. The summed E-state index contributed by atoms with van der Waals surface area (Å²) in [5.74, 6) is -0.103. The van der Waals surface area contributed by atoms with Crippen LogP contribution in [0.3, 0.4) is 0 Å². The van der Waals surface area contributed by atoms with Crippen LogP contribution in [0.5, 0.6) is 6.01 Å². The van der Waals surface area contributed by atoms with E-state index in [1.54, 1.807) is 15.6 Å². The molecule has 0 aliphatic carbocycles. The van der Waals surface area contributed by atoms with Crippen LogP contribution in [0, 0.1) is 19.7 Å². The summed E-state index contributed by atoms with van der Waals surface area (Å²) in [6, 6.07) is 6.25. The number of carbonyl (C=O) groups excluding carboxylic acids is 1. The van der Waals surface area contributed by atoms with Crippen LogP contribution in [0.2, 0.25) is 5.02 Å². The number of hydrogen-bond acceptors (Lipinski definition) is 7. The van der Waals surface area contributed by atoms with E-state index in [1.165, 1.54) is 6.08 Å². The SMILES string of the molecule is C=CC(=O)N1C[C@H](C)N(c2nc(OC[C@@H]3CCCN3C(C)C)nc3c(F)c(-c4c(C)ccc5c4c(C)nn5C)c(Cl)cc23)C[C@H]1C. The molecule has 244 valence electrons.